The summed E-state index contributed by atoms with van der Waals surface area (Å²) in [5, 5.41) is 0. The van der Waals surface area contributed by atoms with Crippen LogP contribution in [0.2, 0.25) is 0 Å². The van der Waals surface area contributed by atoms with Crippen molar-refractivity contribution in [3.63, 3.8) is 0 Å². The first kappa shape index (κ1) is 64.0. The number of hydrogen-bond donors (Lipinski definition) is 0. The summed E-state index contributed by atoms with van der Waals surface area (Å²) in [5.41, 5.74) is 17.4. The number of unbranched alkanes of at least 4 members (excludes halogenated alkanes) is 36. The van der Waals surface area contributed by atoms with Crippen LogP contribution in [0.5, 0.6) is 0 Å². The second-order valence-electron chi connectivity index (χ2n) is 20.4. The first-order chi connectivity index (χ1) is 33.7. The largest absolute Gasteiger partial charge is 0.348 e. The van der Waals surface area contributed by atoms with Gasteiger partial charge in [0.1, 0.15) is 0 Å². The van der Waals surface area contributed by atoms with Crippen LogP contribution in [-0.2, 0) is 29.3 Å². The molecular formula is C66H104N2Ni. The molecule has 0 saturated heterocycles. The van der Waals surface area contributed by atoms with Gasteiger partial charge in [0.05, 0.1) is 5.57 Å². The number of aryl methyl sites for hydroxylation is 2. The van der Waals surface area contributed by atoms with Crippen LogP contribution in [0.25, 0.3) is 11.1 Å². The van der Waals surface area contributed by atoms with Gasteiger partial charge in [0.2, 0.25) is 0 Å². The van der Waals surface area contributed by atoms with Crippen molar-refractivity contribution in [2.75, 3.05) is 0 Å². The molecule has 2 aromatic rings. The quantitative estimate of drug-likeness (QED) is 0.0121. The molecule has 0 aromatic heterocycles. The minimum Gasteiger partial charge on any atom is -0.348 e. The molecule has 2 nitrogen and oxygen atoms in total. The van der Waals surface area contributed by atoms with E-state index < -0.39 is 0 Å². The molecule has 2 aromatic carbocycles. The van der Waals surface area contributed by atoms with E-state index in [2.05, 4.69) is 111 Å². The summed E-state index contributed by atoms with van der Waals surface area (Å²) in [6.45, 7) is 9.10. The fourth-order valence-electron chi connectivity index (χ4n) is 9.61. The zero-order chi connectivity index (χ0) is 48.6. The Bertz CT molecular complexity index is 1750. The second-order valence-corrected chi connectivity index (χ2v) is 20.4. The van der Waals surface area contributed by atoms with E-state index in [1.54, 1.807) is 0 Å². The Hall–Kier alpha value is -3.05. The number of allylic oxidation sites excluding steroid dienone is 2. The van der Waals surface area contributed by atoms with Crippen LogP contribution in [0, 0.1) is 23.7 Å². The first-order valence-corrected chi connectivity index (χ1v) is 29.6. The molecular weight excluding hydrogens is 879 g/mol. The van der Waals surface area contributed by atoms with Crippen molar-refractivity contribution in [1.82, 2.24) is 0 Å². The summed E-state index contributed by atoms with van der Waals surface area (Å²) in [4.78, 5) is 3.45. The van der Waals surface area contributed by atoms with Gasteiger partial charge in [-0.1, -0.05) is 312 Å². The summed E-state index contributed by atoms with van der Waals surface area (Å²) in [6.07, 6.45) is 55.0. The number of hydrogen-bond acceptors (Lipinski definition) is 0. The molecule has 0 atom stereocenters. The van der Waals surface area contributed by atoms with Crippen molar-refractivity contribution in [3.8, 4) is 23.7 Å². The summed E-state index contributed by atoms with van der Waals surface area (Å²) in [6, 6.07) is 18.3. The third kappa shape index (κ3) is 34.8. The SMILES string of the molecule is CCCCCC#CC(=C=[N+]=[N-])C(C#CCCCCCCCCCCCCCCCCCCC)=C(c1ccc(CCCCCCCCCCCCCCCCC)cc1)c1cccc(CCCCC)c1.[Ni]. The van der Waals surface area contributed by atoms with E-state index in [9.17, 15) is 5.53 Å². The molecule has 0 bridgehead atoms. The monoisotopic (exact) mass is 983 g/mol. The maximum absolute atomic E-state index is 9.97. The molecule has 0 fully saturated rings. The summed E-state index contributed by atoms with van der Waals surface area (Å²) in [5.74, 6) is 16.9. The molecule has 0 amide bonds. The van der Waals surface area contributed by atoms with Crippen LogP contribution in [0.15, 0.2) is 59.7 Å². The van der Waals surface area contributed by atoms with Gasteiger partial charge in [-0.2, -0.15) is 0 Å². The molecule has 0 saturated carbocycles. The van der Waals surface area contributed by atoms with Gasteiger partial charge in [-0.15, -0.1) is 4.79 Å². The van der Waals surface area contributed by atoms with Crippen LogP contribution < -0.4 is 0 Å². The van der Waals surface area contributed by atoms with E-state index in [1.165, 1.54) is 229 Å². The molecule has 0 unspecified atom stereocenters. The molecule has 2 rings (SSSR count). The van der Waals surface area contributed by atoms with Crippen LogP contribution >= 0.6 is 0 Å². The summed E-state index contributed by atoms with van der Waals surface area (Å²) >= 11 is 0. The molecule has 0 heterocycles. The maximum Gasteiger partial charge on any atom is 0.318 e. The van der Waals surface area contributed by atoms with E-state index in [0.29, 0.717) is 5.57 Å². The van der Waals surface area contributed by atoms with Crippen LogP contribution in [0.4, 0.5) is 0 Å². The van der Waals surface area contributed by atoms with Crippen molar-refractivity contribution in [2.24, 2.45) is 0 Å². The maximum atomic E-state index is 9.97. The molecule has 0 aliphatic rings. The molecule has 0 aliphatic carbocycles. The topological polar surface area (TPSA) is 36.4 Å². The molecule has 69 heavy (non-hydrogen) atoms. The van der Waals surface area contributed by atoms with Crippen molar-refractivity contribution < 1.29 is 21.3 Å². The fraction of sp³-hybridized carbons (Fsp3) is 0.697. The predicted octanol–water partition coefficient (Wildman–Crippen LogP) is 21.1. The number of nitrogens with zero attached hydrogens (tertiary/aromatic N) is 2. The molecule has 388 valence electrons. The number of benzene rings is 2. The van der Waals surface area contributed by atoms with E-state index in [0.717, 1.165) is 73.6 Å². The Morgan fingerprint density at radius 1 is 0.391 bits per heavy atom. The smallest absolute Gasteiger partial charge is 0.318 e. The summed E-state index contributed by atoms with van der Waals surface area (Å²) < 4.78 is 0. The van der Waals surface area contributed by atoms with Crippen LogP contribution in [-0.4, -0.2) is 10.7 Å². The van der Waals surface area contributed by atoms with Gasteiger partial charge in [-0.3, -0.25) is 0 Å². The Labute approximate surface area is 438 Å². The Morgan fingerprint density at radius 3 is 1.22 bits per heavy atom. The van der Waals surface area contributed by atoms with Crippen molar-refractivity contribution in [3.05, 3.63) is 87.5 Å². The average Bonchev–Trinajstić information content (AvgIpc) is 3.35. The first-order valence-electron chi connectivity index (χ1n) is 29.6. The van der Waals surface area contributed by atoms with E-state index >= 15 is 0 Å². The standard InChI is InChI=1S/C66H104N2.Ni/c1-5-9-13-16-18-20-22-24-26-27-28-29-31-33-35-37-39-42-46-53-65(64(59-68-67)51-45-40-15-11-7-3)66(63-52-47-50-61(58-63)49-43-12-8-4)62-56-54-60(55-57-62)48-44-41-38-36-34-32-30-25-23-21-19-17-14-10-6-2;/h47,50,52,54-58H,5-44,48-49H2,1-4H3;. The Balaban J connectivity index is 0.0000238. The predicted molar refractivity (Wildman–Crippen MR) is 301 cm³/mol. The van der Waals surface area contributed by atoms with Gasteiger partial charge in [-0.25, -0.2) is 0 Å². The number of rotatable bonds is 43. The van der Waals surface area contributed by atoms with Gasteiger partial charge >= 0.3 is 5.87 Å². The molecule has 0 radical (unpaired) electrons. The third-order valence-corrected chi connectivity index (χ3v) is 14.0. The second kappa shape index (κ2) is 48.6. The minimum atomic E-state index is 0. The van der Waals surface area contributed by atoms with Gasteiger partial charge in [0.25, 0.3) is 0 Å². The minimum absolute atomic E-state index is 0. The Morgan fingerprint density at radius 2 is 0.754 bits per heavy atom. The zero-order valence-corrected chi connectivity index (χ0v) is 46.5. The van der Waals surface area contributed by atoms with Gasteiger partial charge < -0.3 is 5.53 Å². The molecule has 3 heteroatoms. The zero-order valence-electron chi connectivity index (χ0n) is 45.5. The van der Waals surface area contributed by atoms with Crippen LogP contribution in [0.3, 0.4) is 0 Å². The molecule has 0 N–H and O–H groups in total. The Kier molecular flexibility index (Phi) is 45.0. The van der Waals surface area contributed by atoms with Crippen molar-refractivity contribution in [1.29, 1.82) is 0 Å². The molecule has 0 aliphatic heterocycles. The van der Waals surface area contributed by atoms with Gasteiger partial charge in [-0.05, 0) is 66.7 Å². The molecule has 0 spiro atoms. The third-order valence-electron chi connectivity index (χ3n) is 14.0. The van der Waals surface area contributed by atoms with Gasteiger partial charge in [0, 0.05) is 34.9 Å². The van der Waals surface area contributed by atoms with Crippen molar-refractivity contribution in [2.45, 2.75) is 297 Å². The fourth-order valence-corrected chi connectivity index (χ4v) is 9.61. The van der Waals surface area contributed by atoms with E-state index in [-0.39, 0.29) is 16.5 Å². The van der Waals surface area contributed by atoms with Crippen molar-refractivity contribution >= 4 is 11.4 Å². The van der Waals surface area contributed by atoms with E-state index in [1.807, 2.05) is 0 Å². The van der Waals surface area contributed by atoms with Crippen LogP contribution in [0.1, 0.15) is 307 Å². The average molecular weight is 984 g/mol. The normalized spacial score (nSPS) is 11.1. The van der Waals surface area contributed by atoms with Gasteiger partial charge in [0.15, 0.2) is 5.57 Å². The van der Waals surface area contributed by atoms with E-state index in [4.69, 9.17) is 0 Å². The summed E-state index contributed by atoms with van der Waals surface area (Å²) in [7, 11) is 0.